The molecule has 4 aliphatic heterocycles. The molecule has 1 aliphatic carbocycles. The zero-order valence-electron chi connectivity index (χ0n) is 34.5. The molecule has 2 bridgehead atoms. The van der Waals surface area contributed by atoms with E-state index in [1.54, 1.807) is 0 Å². The molecule has 10 heteroatoms. The zero-order chi connectivity index (χ0) is 39.8. The summed E-state index contributed by atoms with van der Waals surface area (Å²) >= 11 is 1.18. The molecule has 0 saturated carbocycles. The zero-order valence-corrected chi connectivity index (χ0v) is 36.3. The van der Waals surface area contributed by atoms with E-state index in [2.05, 4.69) is 73.7 Å². The lowest BCUT2D eigenvalue weighted by Crippen LogP contribution is -2.61. The summed E-state index contributed by atoms with van der Waals surface area (Å²) in [6, 6.07) is 9.21. The van der Waals surface area contributed by atoms with Crippen LogP contribution < -0.4 is 0 Å². The standard InChI is InChI=1S/C45H64O8SSi/c1-10-38-31(4)21-22-44(52-38)26-36-25-35(51-44)20-19-30(3)23-29(2)15-14-18-34-27-49-40-39(53-55(8,9)43(5,6)7)33(24-37(41(46)50-36)45(34,40)48)28-54-42(47)32-16-12-11-13-17-32/h11-19,24,29,31,35-40,48H,10,20-23,25-28H2,1-9H3/b15-14+,30-19+,34-18+/t29-,31-,35+,36-,37-,38+,39+,40+,44+,45+/m0/s1. The molecule has 10 atom stereocenters. The first kappa shape index (κ1) is 42.3. The summed E-state index contributed by atoms with van der Waals surface area (Å²) in [6.07, 6.45) is 13.1. The molecule has 5 aliphatic rings. The fourth-order valence-electron chi connectivity index (χ4n) is 8.68. The van der Waals surface area contributed by atoms with E-state index in [0.717, 1.165) is 31.3 Å². The number of carbonyl (C=O) groups excluding carboxylic acids is 2. The van der Waals surface area contributed by atoms with E-state index in [4.69, 9.17) is 23.4 Å². The number of benzene rings is 1. The van der Waals surface area contributed by atoms with Crippen molar-refractivity contribution in [1.29, 1.82) is 0 Å². The van der Waals surface area contributed by atoms with Crippen LogP contribution in [-0.4, -0.2) is 78.8 Å². The van der Waals surface area contributed by atoms with Gasteiger partial charge in [0.2, 0.25) is 5.12 Å². The molecular formula is C45H64O8SSi. The van der Waals surface area contributed by atoms with Crippen molar-refractivity contribution in [1.82, 2.24) is 0 Å². The Morgan fingerprint density at radius 1 is 1.11 bits per heavy atom. The van der Waals surface area contributed by atoms with Crippen molar-refractivity contribution in [2.75, 3.05) is 12.4 Å². The third-order valence-corrected chi connectivity index (χ3v) is 18.4. The Morgan fingerprint density at radius 2 is 1.85 bits per heavy atom. The maximum Gasteiger partial charge on any atom is 0.316 e. The average molecular weight is 793 g/mol. The smallest absolute Gasteiger partial charge is 0.316 e. The molecule has 0 aromatic heterocycles. The van der Waals surface area contributed by atoms with Crippen LogP contribution in [0.2, 0.25) is 18.1 Å². The van der Waals surface area contributed by atoms with Gasteiger partial charge >= 0.3 is 5.97 Å². The van der Waals surface area contributed by atoms with E-state index in [1.807, 2.05) is 48.6 Å². The van der Waals surface area contributed by atoms with Crippen molar-refractivity contribution in [2.45, 2.75) is 153 Å². The Morgan fingerprint density at radius 3 is 2.56 bits per heavy atom. The van der Waals surface area contributed by atoms with Gasteiger partial charge in [-0.2, -0.15) is 0 Å². The molecule has 3 saturated heterocycles. The highest BCUT2D eigenvalue weighted by Gasteiger charge is 2.62. The van der Waals surface area contributed by atoms with Gasteiger partial charge < -0.3 is 28.5 Å². The molecule has 8 nitrogen and oxygen atoms in total. The van der Waals surface area contributed by atoms with Crippen LogP contribution >= 0.6 is 11.8 Å². The van der Waals surface area contributed by atoms with Gasteiger partial charge in [0, 0.05) is 30.6 Å². The van der Waals surface area contributed by atoms with E-state index < -0.39 is 49.9 Å². The Balaban J connectivity index is 1.42. The van der Waals surface area contributed by atoms with Crippen LogP contribution in [-0.2, 0) is 28.2 Å². The van der Waals surface area contributed by atoms with Gasteiger partial charge in [-0.1, -0.05) is 120 Å². The summed E-state index contributed by atoms with van der Waals surface area (Å²) in [5, 5.41) is 12.9. The van der Waals surface area contributed by atoms with Crippen molar-refractivity contribution < 1.29 is 38.1 Å². The number of ether oxygens (including phenoxy) is 4. The highest BCUT2D eigenvalue weighted by molar-refractivity contribution is 8.14. The van der Waals surface area contributed by atoms with E-state index in [0.29, 0.717) is 36.3 Å². The van der Waals surface area contributed by atoms with Crippen molar-refractivity contribution in [3.63, 3.8) is 0 Å². The largest absolute Gasteiger partial charge is 0.462 e. The third-order valence-electron chi connectivity index (χ3n) is 12.9. The third kappa shape index (κ3) is 9.21. The molecule has 3 fully saturated rings. The number of fused-ring (bicyclic) bond motifs is 2. The highest BCUT2D eigenvalue weighted by Crippen LogP contribution is 2.50. The van der Waals surface area contributed by atoms with Gasteiger partial charge in [-0.15, -0.1) is 0 Å². The van der Waals surface area contributed by atoms with Gasteiger partial charge in [0.1, 0.15) is 23.7 Å². The van der Waals surface area contributed by atoms with Crippen LogP contribution in [0.5, 0.6) is 0 Å². The maximum atomic E-state index is 14.8. The second kappa shape index (κ2) is 16.9. The number of allylic oxidation sites excluding steroid dienone is 4. The minimum Gasteiger partial charge on any atom is -0.462 e. The van der Waals surface area contributed by atoms with Crippen molar-refractivity contribution in [3.8, 4) is 0 Å². The molecule has 1 aromatic rings. The first-order chi connectivity index (χ1) is 25.9. The van der Waals surface area contributed by atoms with Crippen molar-refractivity contribution in [2.24, 2.45) is 17.8 Å². The molecular weight excluding hydrogens is 729 g/mol. The average Bonchev–Trinajstić information content (AvgIpc) is 3.47. The normalized spacial score (nSPS) is 38.5. The summed E-state index contributed by atoms with van der Waals surface area (Å²) in [6.45, 7) is 19.8. The Bertz CT molecular complexity index is 1680. The number of rotatable bonds is 6. The first-order valence-corrected chi connectivity index (χ1v) is 24.4. The lowest BCUT2D eigenvalue weighted by Gasteiger charge is -2.50. The molecule has 0 unspecified atom stereocenters. The lowest BCUT2D eigenvalue weighted by molar-refractivity contribution is -0.335. The van der Waals surface area contributed by atoms with E-state index >= 15 is 0 Å². The summed E-state index contributed by atoms with van der Waals surface area (Å²) in [7, 11) is -2.46. The minimum atomic E-state index is -2.46. The Kier molecular flexibility index (Phi) is 13.0. The van der Waals surface area contributed by atoms with Gasteiger partial charge in [-0.05, 0) is 73.7 Å². The molecule has 6 rings (SSSR count). The fraction of sp³-hybridized carbons (Fsp3) is 0.644. The molecule has 1 N–H and O–H groups in total. The molecule has 1 aromatic carbocycles. The number of thioether (sulfide) groups is 1. The summed E-state index contributed by atoms with van der Waals surface area (Å²) < 4.78 is 33.9. The van der Waals surface area contributed by atoms with Gasteiger partial charge in [0.05, 0.1) is 24.9 Å². The quantitative estimate of drug-likeness (QED) is 0.172. The Hall–Kier alpha value is -2.31. The van der Waals surface area contributed by atoms with Gasteiger partial charge in [-0.25, -0.2) is 0 Å². The van der Waals surface area contributed by atoms with Gasteiger partial charge in [-0.3, -0.25) is 9.59 Å². The monoisotopic (exact) mass is 792 g/mol. The lowest BCUT2D eigenvalue weighted by atomic mass is 9.71. The summed E-state index contributed by atoms with van der Waals surface area (Å²) in [5.41, 5.74) is 1.53. The SMILES string of the molecule is CC[C@H]1O[C@]2(CC[C@@H]1C)C[C@@H]1C[C@@H](C/C=C(\C)C[C@@H](C)/C=C/C=C3\CO[C@@H]4[C@H](O[Si](C)(C)C(C)(C)C)C(CSC(=O)c5ccccc5)=C[C@@H](C(=O)O1)[C@]34O)O2. The highest BCUT2D eigenvalue weighted by atomic mass is 32.2. The number of aliphatic hydroxyl groups is 1. The fourth-order valence-corrected chi connectivity index (χ4v) is 10.8. The van der Waals surface area contributed by atoms with E-state index in [-0.39, 0.29) is 40.6 Å². The van der Waals surface area contributed by atoms with Crippen LogP contribution in [0.3, 0.4) is 0 Å². The van der Waals surface area contributed by atoms with E-state index in [9.17, 15) is 14.7 Å². The van der Waals surface area contributed by atoms with Crippen molar-refractivity contribution >= 4 is 31.2 Å². The second-order valence-corrected chi connectivity index (χ2v) is 24.0. The van der Waals surface area contributed by atoms with Crippen LogP contribution in [0.25, 0.3) is 0 Å². The van der Waals surface area contributed by atoms with E-state index in [1.165, 1.54) is 17.3 Å². The summed E-state index contributed by atoms with van der Waals surface area (Å²) in [5.74, 6) is -1.49. The summed E-state index contributed by atoms with van der Waals surface area (Å²) in [4.78, 5) is 28.3. The van der Waals surface area contributed by atoms with Gasteiger partial charge in [0.15, 0.2) is 14.1 Å². The minimum absolute atomic E-state index is 0.0641. The van der Waals surface area contributed by atoms with Crippen molar-refractivity contribution in [3.05, 3.63) is 83.0 Å². The van der Waals surface area contributed by atoms with Crippen LogP contribution in [0.4, 0.5) is 0 Å². The van der Waals surface area contributed by atoms with Crippen LogP contribution in [0.1, 0.15) is 104 Å². The number of carbonyl (C=O) groups is 2. The first-order valence-electron chi connectivity index (χ1n) is 20.5. The predicted octanol–water partition coefficient (Wildman–Crippen LogP) is 9.51. The van der Waals surface area contributed by atoms with Gasteiger partial charge in [0.25, 0.3) is 0 Å². The topological polar surface area (TPSA) is 101 Å². The predicted molar refractivity (Wildman–Crippen MR) is 221 cm³/mol. The molecule has 302 valence electrons. The Labute approximate surface area is 334 Å². The molecule has 4 heterocycles. The molecule has 0 radical (unpaired) electrons. The maximum absolute atomic E-state index is 14.8. The molecule has 0 amide bonds. The second-order valence-electron chi connectivity index (χ2n) is 18.3. The van der Waals surface area contributed by atoms with Crippen LogP contribution in [0, 0.1) is 17.8 Å². The number of esters is 1. The van der Waals surface area contributed by atoms with Crippen LogP contribution in [0.15, 0.2) is 77.4 Å². The number of hydrogen-bond donors (Lipinski definition) is 1. The number of hydrogen-bond acceptors (Lipinski definition) is 9. The molecule has 1 spiro atoms. The molecule has 55 heavy (non-hydrogen) atoms.